The van der Waals surface area contributed by atoms with Crippen LogP contribution in [-0.2, 0) is 0 Å². The molecule has 9 aromatic rings. The average Bonchev–Trinajstić information content (AvgIpc) is 3.32. The summed E-state index contributed by atoms with van der Waals surface area (Å²) in [5, 5.41) is 0. The SMILES string of the molecule is c1ccc(C(=C(c2ccccc2)c2ccc(-c3cnc(-c4ccc(C(c5ccccc5)C(c5ccccc5)c5ccccc5)cc4)cn3)cc2)c2ccccc2)cc1. The lowest BCUT2D eigenvalue weighted by atomic mass is 9.73. The van der Waals surface area contributed by atoms with Gasteiger partial charge in [0.15, 0.2) is 0 Å². The van der Waals surface area contributed by atoms with Gasteiger partial charge in [-0.3, -0.25) is 9.97 Å². The molecule has 276 valence electrons. The van der Waals surface area contributed by atoms with Crippen LogP contribution in [0, 0.1) is 0 Å². The minimum Gasteiger partial charge on any atom is -0.252 e. The molecular formula is C56H42N2. The first-order chi connectivity index (χ1) is 28.8. The van der Waals surface area contributed by atoms with Crippen molar-refractivity contribution in [2.45, 2.75) is 11.8 Å². The van der Waals surface area contributed by atoms with Gasteiger partial charge in [0, 0.05) is 23.0 Å². The Bertz CT molecular complexity index is 2610. The fourth-order valence-corrected chi connectivity index (χ4v) is 8.16. The Morgan fingerprint density at radius 3 is 0.828 bits per heavy atom. The third-order valence-electron chi connectivity index (χ3n) is 10.9. The molecular weight excluding hydrogens is 701 g/mol. The highest BCUT2D eigenvalue weighted by atomic mass is 14.8. The highest BCUT2D eigenvalue weighted by Gasteiger charge is 2.28. The van der Waals surface area contributed by atoms with Crippen LogP contribution in [0.5, 0.6) is 0 Å². The van der Waals surface area contributed by atoms with E-state index in [9.17, 15) is 0 Å². The second-order valence-corrected chi connectivity index (χ2v) is 14.5. The Morgan fingerprint density at radius 2 is 0.517 bits per heavy atom. The monoisotopic (exact) mass is 742 g/mol. The first-order valence-corrected chi connectivity index (χ1v) is 19.9. The van der Waals surface area contributed by atoms with Crippen molar-refractivity contribution in [3.63, 3.8) is 0 Å². The molecule has 1 unspecified atom stereocenters. The molecule has 1 aromatic heterocycles. The number of hydrogen-bond donors (Lipinski definition) is 0. The topological polar surface area (TPSA) is 25.8 Å². The van der Waals surface area contributed by atoms with Crippen molar-refractivity contribution >= 4 is 11.1 Å². The molecule has 0 aliphatic rings. The predicted octanol–water partition coefficient (Wildman–Crippen LogP) is 13.8. The predicted molar refractivity (Wildman–Crippen MR) is 240 cm³/mol. The quantitative estimate of drug-likeness (QED) is 0.123. The van der Waals surface area contributed by atoms with Crippen LogP contribution < -0.4 is 0 Å². The van der Waals surface area contributed by atoms with Crippen molar-refractivity contribution in [3.05, 3.63) is 287 Å². The minimum absolute atomic E-state index is 0.116. The molecule has 9 rings (SSSR count). The molecule has 1 atom stereocenters. The largest absolute Gasteiger partial charge is 0.252 e. The smallest absolute Gasteiger partial charge is 0.0885 e. The van der Waals surface area contributed by atoms with Crippen molar-refractivity contribution in [2.24, 2.45) is 0 Å². The van der Waals surface area contributed by atoms with E-state index in [2.05, 4.69) is 231 Å². The molecule has 0 fully saturated rings. The average molecular weight is 743 g/mol. The first kappa shape index (κ1) is 36.2. The molecule has 0 saturated carbocycles. The van der Waals surface area contributed by atoms with Gasteiger partial charge in [0.2, 0.25) is 0 Å². The highest BCUT2D eigenvalue weighted by Crippen LogP contribution is 2.43. The van der Waals surface area contributed by atoms with E-state index in [-0.39, 0.29) is 11.8 Å². The standard InChI is InChI=1S/C56H42N2/c1-7-19-43(20-8-1)53(44-21-9-2-10-22-44)55(47-27-15-5-16-28-47)49-35-31-41(32-36-49)51-39-58-52(40-57-51)42-33-37-50(38-34-42)56(48-29-17-6-18-30-48)54(45-23-11-3-12-24-45)46-25-13-4-14-26-46/h1-40,53,55H. The van der Waals surface area contributed by atoms with E-state index in [0.717, 1.165) is 28.1 Å². The van der Waals surface area contributed by atoms with Gasteiger partial charge in [-0.1, -0.05) is 231 Å². The second-order valence-electron chi connectivity index (χ2n) is 14.5. The van der Waals surface area contributed by atoms with Crippen molar-refractivity contribution in [1.82, 2.24) is 9.97 Å². The Kier molecular flexibility index (Phi) is 10.7. The molecule has 58 heavy (non-hydrogen) atoms. The molecule has 0 spiro atoms. The maximum absolute atomic E-state index is 4.93. The first-order valence-electron chi connectivity index (χ1n) is 19.9. The summed E-state index contributed by atoms with van der Waals surface area (Å²) in [5.41, 5.74) is 15.9. The number of rotatable bonds is 11. The molecule has 0 radical (unpaired) electrons. The van der Waals surface area contributed by atoms with Crippen LogP contribution in [0.3, 0.4) is 0 Å². The van der Waals surface area contributed by atoms with Gasteiger partial charge in [0.05, 0.1) is 23.8 Å². The summed E-state index contributed by atoms with van der Waals surface area (Å²) >= 11 is 0. The van der Waals surface area contributed by atoms with E-state index >= 15 is 0 Å². The van der Waals surface area contributed by atoms with Gasteiger partial charge in [0.25, 0.3) is 0 Å². The molecule has 8 aromatic carbocycles. The van der Waals surface area contributed by atoms with E-state index in [0.29, 0.717) is 0 Å². The number of aromatic nitrogens is 2. The van der Waals surface area contributed by atoms with Crippen LogP contribution in [0.25, 0.3) is 33.7 Å². The Balaban J connectivity index is 1.03. The summed E-state index contributed by atoms with van der Waals surface area (Å²) in [7, 11) is 0. The summed E-state index contributed by atoms with van der Waals surface area (Å²) in [5.74, 6) is 0.258. The van der Waals surface area contributed by atoms with Gasteiger partial charge >= 0.3 is 0 Å². The zero-order chi connectivity index (χ0) is 38.9. The molecule has 0 bridgehead atoms. The summed E-state index contributed by atoms with van der Waals surface area (Å²) < 4.78 is 0. The normalized spacial score (nSPS) is 11.5. The maximum atomic E-state index is 4.93. The Morgan fingerprint density at radius 1 is 0.259 bits per heavy atom. The van der Waals surface area contributed by atoms with E-state index < -0.39 is 0 Å². The van der Waals surface area contributed by atoms with Crippen LogP contribution in [0.1, 0.15) is 56.3 Å². The van der Waals surface area contributed by atoms with E-state index in [4.69, 9.17) is 9.97 Å². The summed E-state index contributed by atoms with van der Waals surface area (Å²) in [6.45, 7) is 0. The van der Waals surface area contributed by atoms with Crippen LogP contribution in [0.4, 0.5) is 0 Å². The summed E-state index contributed by atoms with van der Waals surface area (Å²) in [6, 6.07) is 82.2. The lowest BCUT2D eigenvalue weighted by Crippen LogP contribution is -2.14. The van der Waals surface area contributed by atoms with Crippen LogP contribution >= 0.6 is 0 Å². The molecule has 0 amide bonds. The molecule has 2 heteroatoms. The Labute approximate surface area is 341 Å². The van der Waals surface area contributed by atoms with Crippen LogP contribution in [-0.4, -0.2) is 9.97 Å². The van der Waals surface area contributed by atoms with Crippen molar-refractivity contribution in [1.29, 1.82) is 0 Å². The van der Waals surface area contributed by atoms with Gasteiger partial charge in [-0.05, 0) is 55.7 Å². The summed E-state index contributed by atoms with van der Waals surface area (Å²) in [4.78, 5) is 9.86. The number of hydrogen-bond acceptors (Lipinski definition) is 2. The lowest BCUT2D eigenvalue weighted by molar-refractivity contribution is 0.694. The van der Waals surface area contributed by atoms with E-state index in [1.807, 2.05) is 12.4 Å². The third-order valence-corrected chi connectivity index (χ3v) is 10.9. The molecule has 0 aliphatic carbocycles. The highest BCUT2D eigenvalue weighted by molar-refractivity contribution is 6.04. The van der Waals surface area contributed by atoms with Crippen LogP contribution in [0.2, 0.25) is 0 Å². The van der Waals surface area contributed by atoms with Crippen LogP contribution in [0.15, 0.2) is 243 Å². The zero-order valence-electron chi connectivity index (χ0n) is 32.1. The fraction of sp³-hybridized carbons (Fsp3) is 0.0357. The van der Waals surface area contributed by atoms with E-state index in [1.54, 1.807) is 0 Å². The van der Waals surface area contributed by atoms with Gasteiger partial charge in [-0.15, -0.1) is 0 Å². The number of nitrogens with zero attached hydrogens (tertiary/aromatic N) is 2. The fourth-order valence-electron chi connectivity index (χ4n) is 8.16. The van der Waals surface area contributed by atoms with Gasteiger partial charge in [-0.2, -0.15) is 0 Å². The van der Waals surface area contributed by atoms with Crippen molar-refractivity contribution in [3.8, 4) is 22.5 Å². The van der Waals surface area contributed by atoms with Gasteiger partial charge in [0.1, 0.15) is 0 Å². The summed E-state index contributed by atoms with van der Waals surface area (Å²) in [6.07, 6.45) is 3.78. The molecule has 0 N–H and O–H groups in total. The maximum Gasteiger partial charge on any atom is 0.0885 e. The number of benzene rings is 8. The third kappa shape index (κ3) is 7.82. The van der Waals surface area contributed by atoms with Gasteiger partial charge < -0.3 is 0 Å². The van der Waals surface area contributed by atoms with Crippen molar-refractivity contribution < 1.29 is 0 Å². The van der Waals surface area contributed by atoms with Crippen molar-refractivity contribution in [2.75, 3.05) is 0 Å². The molecule has 0 saturated heterocycles. The van der Waals surface area contributed by atoms with E-state index in [1.165, 1.54) is 50.1 Å². The Hall–Kier alpha value is -7.42. The molecule has 0 aliphatic heterocycles. The molecule has 2 nitrogen and oxygen atoms in total. The minimum atomic E-state index is 0.116. The molecule has 1 heterocycles. The zero-order valence-corrected chi connectivity index (χ0v) is 32.1. The second kappa shape index (κ2) is 17.2. The lowest BCUT2D eigenvalue weighted by Gasteiger charge is -2.29. The van der Waals surface area contributed by atoms with Gasteiger partial charge in [-0.25, -0.2) is 0 Å².